The van der Waals surface area contributed by atoms with Crippen LogP contribution in [-0.2, 0) is 25.7 Å². The first kappa shape index (κ1) is 23.8. The van der Waals surface area contributed by atoms with Gasteiger partial charge in [-0.15, -0.1) is 0 Å². The van der Waals surface area contributed by atoms with Gasteiger partial charge in [-0.3, -0.25) is 4.79 Å². The molecule has 1 aliphatic heterocycles. The first-order chi connectivity index (χ1) is 15.1. The third-order valence-corrected chi connectivity index (χ3v) is 6.62. The minimum absolute atomic E-state index is 0.0876. The number of halogens is 3. The summed E-state index contributed by atoms with van der Waals surface area (Å²) in [6.45, 7) is 0.752. The zero-order valence-electron chi connectivity index (χ0n) is 17.1. The van der Waals surface area contributed by atoms with Crippen LogP contribution in [-0.4, -0.2) is 58.6 Å². The second kappa shape index (κ2) is 9.76. The lowest BCUT2D eigenvalue weighted by Gasteiger charge is -2.26. The summed E-state index contributed by atoms with van der Waals surface area (Å²) in [5, 5.41) is 5.29. The number of carbonyl (C=O) groups is 1. The van der Waals surface area contributed by atoms with E-state index in [1.807, 2.05) is 0 Å². The minimum Gasteiger partial charge on any atom is -0.495 e. The highest BCUT2D eigenvalue weighted by Gasteiger charge is 2.30. The number of rotatable bonds is 7. The van der Waals surface area contributed by atoms with Gasteiger partial charge in [0, 0.05) is 24.5 Å². The lowest BCUT2D eigenvalue weighted by atomic mass is 10.2. The van der Waals surface area contributed by atoms with Gasteiger partial charge in [-0.25, -0.2) is 8.42 Å². The summed E-state index contributed by atoms with van der Waals surface area (Å²) in [6.07, 6.45) is -4.44. The van der Waals surface area contributed by atoms with E-state index < -0.39 is 27.7 Å². The molecule has 174 valence electrons. The third-order valence-electron chi connectivity index (χ3n) is 4.70. The number of nitrogens with zero attached hydrogens (tertiary/aromatic N) is 1. The Morgan fingerprint density at radius 3 is 2.31 bits per heavy atom. The summed E-state index contributed by atoms with van der Waals surface area (Å²) in [4.78, 5) is 12.2. The number of carbonyl (C=O) groups excluding carboxylic acids is 1. The maximum Gasteiger partial charge on any atom is 0.416 e. The van der Waals surface area contributed by atoms with E-state index >= 15 is 0 Å². The predicted octanol–water partition coefficient (Wildman–Crippen LogP) is 2.79. The second-order valence-corrected chi connectivity index (χ2v) is 8.77. The molecule has 1 saturated heterocycles. The van der Waals surface area contributed by atoms with Gasteiger partial charge in [0.2, 0.25) is 15.9 Å². The first-order valence-corrected chi connectivity index (χ1v) is 11.0. The Labute approximate surface area is 183 Å². The molecule has 1 fully saturated rings. The largest absolute Gasteiger partial charge is 0.495 e. The van der Waals surface area contributed by atoms with E-state index in [2.05, 4.69) is 10.6 Å². The number of anilines is 2. The fraction of sp³-hybridized carbons (Fsp3) is 0.350. The molecule has 12 heteroatoms. The highest BCUT2D eigenvalue weighted by atomic mass is 32.2. The number of ether oxygens (including phenoxy) is 2. The van der Waals surface area contributed by atoms with Crippen LogP contribution in [0.15, 0.2) is 47.4 Å². The first-order valence-electron chi connectivity index (χ1n) is 9.58. The molecule has 3 rings (SSSR count). The van der Waals surface area contributed by atoms with E-state index in [0.29, 0.717) is 5.69 Å². The Morgan fingerprint density at radius 2 is 1.72 bits per heavy atom. The number of hydrogen-bond donors (Lipinski definition) is 2. The summed E-state index contributed by atoms with van der Waals surface area (Å²) in [5.41, 5.74) is -0.227. The molecule has 0 aromatic heterocycles. The molecule has 8 nitrogen and oxygen atoms in total. The quantitative estimate of drug-likeness (QED) is 0.642. The van der Waals surface area contributed by atoms with Crippen molar-refractivity contribution in [2.45, 2.75) is 11.1 Å². The van der Waals surface area contributed by atoms with Crippen molar-refractivity contribution in [1.29, 1.82) is 0 Å². The smallest absolute Gasteiger partial charge is 0.416 e. The van der Waals surface area contributed by atoms with Gasteiger partial charge in [0.1, 0.15) is 10.6 Å². The zero-order valence-corrected chi connectivity index (χ0v) is 17.9. The average Bonchev–Trinajstić information content (AvgIpc) is 2.78. The topological polar surface area (TPSA) is 97.0 Å². The van der Waals surface area contributed by atoms with Crippen molar-refractivity contribution < 1.29 is 35.9 Å². The van der Waals surface area contributed by atoms with Crippen molar-refractivity contribution in [3.63, 3.8) is 0 Å². The summed E-state index contributed by atoms with van der Waals surface area (Å²) >= 11 is 0. The molecule has 0 radical (unpaired) electrons. The van der Waals surface area contributed by atoms with Crippen LogP contribution in [0.1, 0.15) is 5.56 Å². The molecular formula is C20H22F3N3O5S. The fourth-order valence-corrected chi connectivity index (χ4v) is 4.64. The van der Waals surface area contributed by atoms with Crippen molar-refractivity contribution in [1.82, 2.24) is 4.31 Å². The molecule has 1 heterocycles. The van der Waals surface area contributed by atoms with Crippen molar-refractivity contribution in [2.75, 3.05) is 50.6 Å². The maximum atomic E-state index is 13.0. The van der Waals surface area contributed by atoms with Gasteiger partial charge >= 0.3 is 6.18 Å². The van der Waals surface area contributed by atoms with E-state index in [1.165, 1.54) is 41.7 Å². The number of methoxy groups -OCH3 is 1. The number of morpholine rings is 1. The van der Waals surface area contributed by atoms with Crippen LogP contribution in [0.25, 0.3) is 0 Å². The molecular weight excluding hydrogens is 451 g/mol. The summed E-state index contributed by atoms with van der Waals surface area (Å²) in [7, 11) is -2.52. The van der Waals surface area contributed by atoms with E-state index in [9.17, 15) is 26.4 Å². The number of nitrogens with one attached hydrogen (secondary N) is 2. The van der Waals surface area contributed by atoms with Crippen LogP contribution in [0.2, 0.25) is 0 Å². The summed E-state index contributed by atoms with van der Waals surface area (Å²) in [6, 6.07) is 8.49. The molecule has 0 unspecified atom stereocenters. The molecule has 0 aliphatic carbocycles. The van der Waals surface area contributed by atoms with Gasteiger partial charge in [-0.2, -0.15) is 17.5 Å². The molecule has 0 bridgehead atoms. The van der Waals surface area contributed by atoms with Gasteiger partial charge in [0.15, 0.2) is 0 Å². The van der Waals surface area contributed by atoms with Crippen molar-refractivity contribution in [3.8, 4) is 5.75 Å². The van der Waals surface area contributed by atoms with E-state index in [4.69, 9.17) is 9.47 Å². The minimum atomic E-state index is -4.44. The van der Waals surface area contributed by atoms with Gasteiger partial charge in [-0.1, -0.05) is 0 Å². The van der Waals surface area contributed by atoms with Gasteiger partial charge in [-0.05, 0) is 42.5 Å². The number of hydrogen-bond acceptors (Lipinski definition) is 6. The average molecular weight is 473 g/mol. The zero-order chi connectivity index (χ0) is 23.4. The lowest BCUT2D eigenvalue weighted by Crippen LogP contribution is -2.40. The number of sulfonamides is 1. The Bertz CT molecular complexity index is 1050. The number of amides is 1. The molecule has 2 aromatic rings. The normalized spacial score (nSPS) is 15.2. The SMILES string of the molecule is COc1ccc(NC(=O)CNc2ccc(C(F)(F)F)cc2)cc1S(=O)(=O)N1CCOCC1. The van der Waals surface area contributed by atoms with Crippen LogP contribution in [0.3, 0.4) is 0 Å². The van der Waals surface area contributed by atoms with Gasteiger partial charge in [0.05, 0.1) is 32.4 Å². The monoisotopic (exact) mass is 473 g/mol. The van der Waals surface area contributed by atoms with Crippen molar-refractivity contribution in [2.24, 2.45) is 0 Å². The molecule has 2 N–H and O–H groups in total. The van der Waals surface area contributed by atoms with E-state index in [0.717, 1.165) is 12.1 Å². The molecule has 1 amide bonds. The molecule has 0 saturated carbocycles. The predicted molar refractivity (Wildman–Crippen MR) is 111 cm³/mol. The molecule has 32 heavy (non-hydrogen) atoms. The molecule has 1 aliphatic rings. The summed E-state index contributed by atoms with van der Waals surface area (Å²) in [5.74, 6) is -0.373. The highest BCUT2D eigenvalue weighted by Crippen LogP contribution is 2.31. The van der Waals surface area contributed by atoms with Crippen LogP contribution < -0.4 is 15.4 Å². The van der Waals surface area contributed by atoms with Crippen LogP contribution >= 0.6 is 0 Å². The van der Waals surface area contributed by atoms with Gasteiger partial charge < -0.3 is 20.1 Å². The van der Waals surface area contributed by atoms with E-state index in [1.54, 1.807) is 0 Å². The Balaban J connectivity index is 1.68. The molecule has 0 atom stereocenters. The maximum absolute atomic E-state index is 13.0. The Morgan fingerprint density at radius 1 is 1.09 bits per heavy atom. The van der Waals surface area contributed by atoms with Crippen molar-refractivity contribution in [3.05, 3.63) is 48.0 Å². The Hall–Kier alpha value is -2.83. The Kier molecular flexibility index (Phi) is 7.26. The standard InChI is InChI=1S/C20H22F3N3O5S/c1-30-17-7-6-16(12-18(17)32(28,29)26-8-10-31-11-9-26)25-19(27)13-24-15-4-2-14(3-5-15)20(21,22)23/h2-7,12,24H,8-11,13H2,1H3,(H,25,27). The molecule has 0 spiro atoms. The number of benzene rings is 2. The fourth-order valence-electron chi connectivity index (χ4n) is 3.05. The molecule has 2 aromatic carbocycles. The van der Waals surface area contributed by atoms with Crippen molar-refractivity contribution >= 4 is 27.3 Å². The lowest BCUT2D eigenvalue weighted by molar-refractivity contribution is -0.137. The highest BCUT2D eigenvalue weighted by molar-refractivity contribution is 7.89. The van der Waals surface area contributed by atoms with Gasteiger partial charge in [0.25, 0.3) is 0 Å². The van der Waals surface area contributed by atoms with E-state index in [-0.39, 0.29) is 49.2 Å². The number of alkyl halides is 3. The third kappa shape index (κ3) is 5.69. The van der Waals surface area contributed by atoms with Crippen LogP contribution in [0, 0.1) is 0 Å². The summed E-state index contributed by atoms with van der Waals surface area (Å²) < 4.78 is 75.5. The van der Waals surface area contributed by atoms with Crippen LogP contribution in [0.5, 0.6) is 5.75 Å². The second-order valence-electron chi connectivity index (χ2n) is 6.86. The van der Waals surface area contributed by atoms with Crippen LogP contribution in [0.4, 0.5) is 24.5 Å².